The third kappa shape index (κ3) is 3.29. The molecule has 0 amide bonds. The lowest BCUT2D eigenvalue weighted by atomic mass is 9.95. The van der Waals surface area contributed by atoms with Gasteiger partial charge in [-0.25, -0.2) is 0 Å². The highest BCUT2D eigenvalue weighted by molar-refractivity contribution is 6.31. The Bertz CT molecular complexity index is 492. The maximum absolute atomic E-state index is 12.1. The number of hydrogen-bond acceptors (Lipinski definition) is 5. The van der Waals surface area contributed by atoms with Gasteiger partial charge in [-0.2, -0.15) is 0 Å². The van der Waals surface area contributed by atoms with Crippen molar-refractivity contribution in [3.05, 3.63) is 29.0 Å². The molecule has 2 heterocycles. The van der Waals surface area contributed by atoms with E-state index in [9.17, 15) is 4.79 Å². The summed E-state index contributed by atoms with van der Waals surface area (Å²) in [4.78, 5) is 16.0. The summed E-state index contributed by atoms with van der Waals surface area (Å²) in [5, 5.41) is 0.462. The molecule has 6 heteroatoms. The molecule has 2 atom stereocenters. The Morgan fingerprint density at radius 2 is 2.35 bits per heavy atom. The van der Waals surface area contributed by atoms with E-state index in [-0.39, 0.29) is 12.6 Å². The summed E-state index contributed by atoms with van der Waals surface area (Å²) in [6.07, 6.45) is 2.65. The number of nitrogens with zero attached hydrogens (tertiary/aromatic N) is 1. The van der Waals surface area contributed by atoms with Crippen LogP contribution in [0.4, 0.5) is 0 Å². The van der Waals surface area contributed by atoms with Crippen LogP contribution in [0.15, 0.2) is 18.5 Å². The van der Waals surface area contributed by atoms with Crippen LogP contribution in [-0.2, 0) is 19.0 Å². The smallest absolute Gasteiger partial charge is 0.314 e. The number of ether oxygens (including phenoxy) is 3. The average Bonchev–Trinajstić information content (AvgIpc) is 2.38. The van der Waals surface area contributed by atoms with E-state index >= 15 is 0 Å². The number of rotatable bonds is 3. The van der Waals surface area contributed by atoms with E-state index in [1.165, 1.54) is 6.20 Å². The molecule has 5 nitrogen and oxygen atoms in total. The summed E-state index contributed by atoms with van der Waals surface area (Å²) < 4.78 is 16.5. The number of halogens is 1. The molecule has 20 heavy (non-hydrogen) atoms. The van der Waals surface area contributed by atoms with E-state index in [1.807, 2.05) is 0 Å². The molecule has 1 aliphatic heterocycles. The van der Waals surface area contributed by atoms with Crippen LogP contribution in [0.5, 0.6) is 0 Å². The quantitative estimate of drug-likeness (QED) is 0.803. The van der Waals surface area contributed by atoms with Gasteiger partial charge in [0.2, 0.25) is 0 Å². The Morgan fingerprint density at radius 1 is 1.60 bits per heavy atom. The average molecular weight is 300 g/mol. The van der Waals surface area contributed by atoms with Crippen molar-refractivity contribution < 1.29 is 19.0 Å². The first-order valence-electron chi connectivity index (χ1n) is 6.52. The second-order valence-electron chi connectivity index (χ2n) is 5.01. The zero-order valence-electron chi connectivity index (χ0n) is 11.8. The predicted octanol–water partition coefficient (Wildman–Crippen LogP) is 2.74. The Morgan fingerprint density at radius 3 is 3.00 bits per heavy atom. The van der Waals surface area contributed by atoms with Crippen LogP contribution in [-0.4, -0.2) is 30.0 Å². The van der Waals surface area contributed by atoms with Gasteiger partial charge in [0.25, 0.3) is 0 Å². The Hall–Kier alpha value is -1.17. The molecule has 0 aliphatic carbocycles. The van der Waals surface area contributed by atoms with Crippen LogP contribution in [0.1, 0.15) is 32.4 Å². The minimum absolute atomic E-state index is 0.231. The van der Waals surface area contributed by atoms with Crippen molar-refractivity contribution in [3.63, 3.8) is 0 Å². The van der Waals surface area contributed by atoms with Crippen LogP contribution in [0.3, 0.4) is 0 Å². The molecule has 2 unspecified atom stereocenters. The van der Waals surface area contributed by atoms with E-state index in [4.69, 9.17) is 25.8 Å². The number of carbonyl (C=O) groups excluding carboxylic acids is 1. The monoisotopic (exact) mass is 299 g/mol. The fourth-order valence-corrected chi connectivity index (χ4v) is 2.36. The molecule has 1 aliphatic rings. The number of hydrogen-bond donors (Lipinski definition) is 0. The number of pyridine rings is 1. The van der Waals surface area contributed by atoms with Gasteiger partial charge in [-0.15, -0.1) is 0 Å². The predicted molar refractivity (Wildman–Crippen MR) is 73.2 cm³/mol. The maximum atomic E-state index is 12.1. The number of esters is 1. The molecular weight excluding hydrogens is 282 g/mol. The highest BCUT2D eigenvalue weighted by Crippen LogP contribution is 2.39. The Balaban J connectivity index is 2.32. The minimum atomic E-state index is -0.778. The van der Waals surface area contributed by atoms with Crippen molar-refractivity contribution in [3.8, 4) is 0 Å². The Kier molecular flexibility index (Phi) is 4.62. The minimum Gasteiger partial charge on any atom is -0.466 e. The first-order valence-corrected chi connectivity index (χ1v) is 6.90. The Labute approximate surface area is 123 Å². The van der Waals surface area contributed by atoms with Gasteiger partial charge in [0.15, 0.2) is 5.79 Å². The molecule has 110 valence electrons. The van der Waals surface area contributed by atoms with Crippen molar-refractivity contribution in [2.45, 2.75) is 32.7 Å². The van der Waals surface area contributed by atoms with Gasteiger partial charge in [0.1, 0.15) is 12.0 Å². The van der Waals surface area contributed by atoms with Crippen molar-refractivity contribution in [2.24, 2.45) is 5.92 Å². The van der Waals surface area contributed by atoms with E-state index in [0.717, 1.165) is 5.56 Å². The molecule has 0 saturated carbocycles. The summed E-state index contributed by atoms with van der Waals surface area (Å²) in [7, 11) is 0. The van der Waals surface area contributed by atoms with E-state index in [1.54, 1.807) is 33.0 Å². The standard InChI is InChI=1S/C14H18ClNO4/c1-4-18-13(17)10-8-19-14(2,3)20-12(10)9-5-6-16-7-11(9)15/h5-7,10,12H,4,8H2,1-3H3. The molecule has 1 fully saturated rings. The largest absolute Gasteiger partial charge is 0.466 e. The van der Waals surface area contributed by atoms with Crippen molar-refractivity contribution in [1.82, 2.24) is 4.98 Å². The zero-order valence-corrected chi connectivity index (χ0v) is 12.5. The van der Waals surface area contributed by atoms with Crippen LogP contribution in [0, 0.1) is 5.92 Å². The highest BCUT2D eigenvalue weighted by Gasteiger charge is 2.42. The topological polar surface area (TPSA) is 57.7 Å². The molecule has 0 N–H and O–H groups in total. The molecule has 0 aromatic carbocycles. The summed E-state index contributed by atoms with van der Waals surface area (Å²) in [6, 6.07) is 1.75. The van der Waals surface area contributed by atoms with Gasteiger partial charge in [-0.3, -0.25) is 9.78 Å². The van der Waals surface area contributed by atoms with Crippen LogP contribution < -0.4 is 0 Å². The maximum Gasteiger partial charge on any atom is 0.314 e. The normalized spacial score (nSPS) is 25.2. The van der Waals surface area contributed by atoms with E-state index in [2.05, 4.69) is 4.98 Å². The van der Waals surface area contributed by atoms with Gasteiger partial charge < -0.3 is 14.2 Å². The summed E-state index contributed by atoms with van der Waals surface area (Å²) in [5.41, 5.74) is 0.719. The molecule has 0 bridgehead atoms. The van der Waals surface area contributed by atoms with Crippen LogP contribution >= 0.6 is 11.6 Å². The number of carbonyl (C=O) groups is 1. The van der Waals surface area contributed by atoms with E-state index < -0.39 is 17.8 Å². The van der Waals surface area contributed by atoms with E-state index in [0.29, 0.717) is 11.6 Å². The number of aromatic nitrogens is 1. The molecule has 2 rings (SSSR count). The van der Waals surface area contributed by atoms with Gasteiger partial charge >= 0.3 is 5.97 Å². The van der Waals surface area contributed by atoms with Crippen molar-refractivity contribution in [2.75, 3.05) is 13.2 Å². The van der Waals surface area contributed by atoms with Crippen LogP contribution in [0.25, 0.3) is 0 Å². The zero-order chi connectivity index (χ0) is 14.8. The van der Waals surface area contributed by atoms with Gasteiger partial charge in [0.05, 0.1) is 18.2 Å². The first kappa shape index (κ1) is 15.2. The third-order valence-corrected chi connectivity index (χ3v) is 3.40. The molecule has 0 radical (unpaired) electrons. The second kappa shape index (κ2) is 6.08. The second-order valence-corrected chi connectivity index (χ2v) is 5.41. The lowest BCUT2D eigenvalue weighted by molar-refractivity contribution is -0.294. The summed E-state index contributed by atoms with van der Waals surface area (Å²) in [5.74, 6) is -1.66. The fourth-order valence-electron chi connectivity index (χ4n) is 2.14. The molecular formula is C14H18ClNO4. The van der Waals surface area contributed by atoms with Gasteiger partial charge in [0, 0.05) is 18.0 Å². The fraction of sp³-hybridized carbons (Fsp3) is 0.571. The van der Waals surface area contributed by atoms with Crippen molar-refractivity contribution >= 4 is 17.6 Å². The summed E-state index contributed by atoms with van der Waals surface area (Å²) >= 11 is 6.16. The molecule has 1 aromatic heterocycles. The lowest BCUT2D eigenvalue weighted by Gasteiger charge is -2.40. The van der Waals surface area contributed by atoms with Gasteiger partial charge in [-0.1, -0.05) is 11.6 Å². The third-order valence-electron chi connectivity index (χ3n) is 3.09. The molecule has 1 saturated heterocycles. The molecule has 0 spiro atoms. The first-order chi connectivity index (χ1) is 9.44. The highest BCUT2D eigenvalue weighted by atomic mass is 35.5. The molecule has 1 aromatic rings. The summed E-state index contributed by atoms with van der Waals surface area (Å²) in [6.45, 7) is 5.92. The van der Waals surface area contributed by atoms with Crippen molar-refractivity contribution in [1.29, 1.82) is 0 Å². The van der Waals surface area contributed by atoms with Crippen LogP contribution in [0.2, 0.25) is 5.02 Å². The van der Waals surface area contributed by atoms with Gasteiger partial charge in [-0.05, 0) is 26.8 Å². The lowest BCUT2D eigenvalue weighted by Crippen LogP contribution is -2.44. The SMILES string of the molecule is CCOC(=O)C1COC(C)(C)OC1c1ccncc1Cl.